The lowest BCUT2D eigenvalue weighted by atomic mass is 10.1. The van der Waals surface area contributed by atoms with Crippen molar-refractivity contribution in [2.45, 2.75) is 32.6 Å². The van der Waals surface area contributed by atoms with Crippen molar-refractivity contribution in [3.8, 4) is 5.69 Å². The van der Waals surface area contributed by atoms with Crippen LogP contribution in [0.4, 0.5) is 5.69 Å². The highest BCUT2D eigenvalue weighted by Gasteiger charge is 2.27. The van der Waals surface area contributed by atoms with E-state index in [9.17, 15) is 13.2 Å². The molecule has 0 atom stereocenters. The van der Waals surface area contributed by atoms with Crippen LogP contribution in [0.25, 0.3) is 5.69 Å². The molecule has 1 amide bonds. The molecule has 0 spiro atoms. The summed E-state index contributed by atoms with van der Waals surface area (Å²) in [6.45, 7) is 7.69. The van der Waals surface area contributed by atoms with Crippen molar-refractivity contribution >= 4 is 27.8 Å². The van der Waals surface area contributed by atoms with Crippen molar-refractivity contribution in [3.05, 3.63) is 107 Å². The molecule has 2 aromatic heterocycles. The molecule has 9 heteroatoms. The fourth-order valence-electron chi connectivity index (χ4n) is 4.22. The molecule has 0 saturated heterocycles. The Hall–Kier alpha value is -4.24. The fraction of sp³-hybridized carbons (Fsp3) is 0.179. The maximum atomic E-state index is 13.3. The molecule has 8 nitrogen and oxygen atoms in total. The Labute approximate surface area is 217 Å². The number of nitrogens with one attached hydrogen (secondary N) is 1. The molecule has 2 aromatic carbocycles. The van der Waals surface area contributed by atoms with E-state index in [0.29, 0.717) is 0 Å². The van der Waals surface area contributed by atoms with E-state index in [0.717, 1.165) is 32.5 Å². The summed E-state index contributed by atoms with van der Waals surface area (Å²) >= 11 is 0. The molecular weight excluding hydrogens is 486 g/mol. The quantitative estimate of drug-likeness (QED) is 0.277. The van der Waals surface area contributed by atoms with Crippen molar-refractivity contribution in [3.63, 3.8) is 0 Å². The zero-order valence-corrected chi connectivity index (χ0v) is 22.0. The molecule has 0 unspecified atom stereocenters. The number of aromatic nitrogens is 2. The average molecular weight is 516 g/mol. The second kappa shape index (κ2) is 10.8. The summed E-state index contributed by atoms with van der Waals surface area (Å²) in [5.41, 5.74) is 9.05. The Balaban J connectivity index is 1.54. The highest BCUT2D eigenvalue weighted by atomic mass is 32.2. The third-order valence-electron chi connectivity index (χ3n) is 6.01. The summed E-state index contributed by atoms with van der Waals surface area (Å²) in [7, 11) is -4.00. The van der Waals surface area contributed by atoms with E-state index in [1.165, 1.54) is 30.1 Å². The molecule has 0 aliphatic rings. The van der Waals surface area contributed by atoms with Crippen LogP contribution in [-0.2, 0) is 14.8 Å². The fourth-order valence-corrected chi connectivity index (χ4v) is 5.65. The van der Waals surface area contributed by atoms with Gasteiger partial charge in [0, 0.05) is 28.8 Å². The minimum Gasteiger partial charge on any atom is -0.318 e. The molecule has 2 heterocycles. The molecule has 4 aromatic rings. The summed E-state index contributed by atoms with van der Waals surface area (Å²) in [5, 5.41) is 4.11. The summed E-state index contributed by atoms with van der Waals surface area (Å²) in [6.07, 6.45) is 4.51. The van der Waals surface area contributed by atoms with E-state index in [4.69, 9.17) is 0 Å². The smallest absolute Gasteiger partial charge is 0.264 e. The Bertz CT molecular complexity index is 1550. The van der Waals surface area contributed by atoms with Gasteiger partial charge in [-0.15, -0.1) is 0 Å². The molecule has 0 bridgehead atoms. The topological polar surface area (TPSA) is 96.7 Å². The van der Waals surface area contributed by atoms with E-state index < -0.39 is 22.5 Å². The number of nitrogens with zero attached hydrogens (tertiary/aromatic N) is 4. The largest absolute Gasteiger partial charge is 0.318 e. The lowest BCUT2D eigenvalue weighted by Crippen LogP contribution is -2.39. The summed E-state index contributed by atoms with van der Waals surface area (Å²) in [4.78, 5) is 16.9. The normalized spacial score (nSPS) is 11.6. The van der Waals surface area contributed by atoms with Crippen LogP contribution < -0.4 is 9.73 Å². The lowest BCUT2D eigenvalue weighted by molar-refractivity contribution is -0.119. The zero-order chi connectivity index (χ0) is 26.6. The predicted octanol–water partition coefficient (Wildman–Crippen LogP) is 4.45. The van der Waals surface area contributed by atoms with E-state index in [2.05, 4.69) is 52.1 Å². The number of carbonyl (C=O) groups excluding carboxylic acids is 1. The van der Waals surface area contributed by atoms with Gasteiger partial charge in [-0.3, -0.25) is 14.1 Å². The molecule has 37 heavy (non-hydrogen) atoms. The van der Waals surface area contributed by atoms with Gasteiger partial charge in [0.1, 0.15) is 6.54 Å². The number of hydrogen-bond acceptors (Lipinski definition) is 5. The van der Waals surface area contributed by atoms with Gasteiger partial charge in [0.15, 0.2) is 0 Å². The first-order valence-electron chi connectivity index (χ1n) is 11.7. The second-order valence-electron chi connectivity index (χ2n) is 8.78. The summed E-state index contributed by atoms with van der Waals surface area (Å²) < 4.78 is 29.8. The third kappa shape index (κ3) is 5.62. The minimum absolute atomic E-state index is 0.0778. The van der Waals surface area contributed by atoms with Gasteiger partial charge < -0.3 is 4.57 Å². The molecule has 0 radical (unpaired) electrons. The van der Waals surface area contributed by atoms with Gasteiger partial charge >= 0.3 is 0 Å². The van der Waals surface area contributed by atoms with E-state index in [-0.39, 0.29) is 10.6 Å². The first-order chi connectivity index (χ1) is 17.7. The van der Waals surface area contributed by atoms with E-state index in [1.54, 1.807) is 36.5 Å². The summed E-state index contributed by atoms with van der Waals surface area (Å²) in [5.74, 6) is -0.581. The number of amides is 1. The number of pyridine rings is 1. The Morgan fingerprint density at radius 1 is 1.03 bits per heavy atom. The van der Waals surface area contributed by atoms with Gasteiger partial charge in [-0.05, 0) is 69.7 Å². The van der Waals surface area contributed by atoms with Gasteiger partial charge in [-0.2, -0.15) is 5.10 Å². The van der Waals surface area contributed by atoms with Crippen molar-refractivity contribution in [2.75, 3.05) is 10.8 Å². The van der Waals surface area contributed by atoms with Crippen LogP contribution >= 0.6 is 0 Å². The zero-order valence-electron chi connectivity index (χ0n) is 21.2. The maximum Gasteiger partial charge on any atom is 0.264 e. The minimum atomic E-state index is -4.00. The van der Waals surface area contributed by atoms with Gasteiger partial charge in [-0.25, -0.2) is 13.8 Å². The summed E-state index contributed by atoms with van der Waals surface area (Å²) in [6, 6.07) is 19.5. The van der Waals surface area contributed by atoms with E-state index in [1.807, 2.05) is 19.9 Å². The SMILES string of the molecule is Cc1ccc(-n2c(C)cc(/C=N/NC(=O)CN(c3cccnc3)S(=O)(=O)c3ccccc3)c2C)c(C)c1. The highest BCUT2D eigenvalue weighted by molar-refractivity contribution is 7.92. The standard InChI is InChI=1S/C28H29N5O3S/c1-20-12-13-27(21(2)15-20)33-22(3)16-24(23(33)4)17-30-31-28(34)19-32(25-9-8-14-29-18-25)37(35,36)26-10-6-5-7-11-26/h5-18H,19H2,1-4H3,(H,31,34)/b30-17+. The van der Waals surface area contributed by atoms with E-state index >= 15 is 0 Å². The van der Waals surface area contributed by atoms with Crippen molar-refractivity contribution < 1.29 is 13.2 Å². The number of benzene rings is 2. The van der Waals surface area contributed by atoms with Crippen molar-refractivity contribution in [1.29, 1.82) is 0 Å². The maximum absolute atomic E-state index is 13.3. The van der Waals surface area contributed by atoms with Crippen LogP contribution in [0.2, 0.25) is 0 Å². The average Bonchev–Trinajstić information content (AvgIpc) is 3.16. The molecule has 0 aliphatic carbocycles. The molecule has 4 rings (SSSR count). The Kier molecular flexibility index (Phi) is 7.54. The molecule has 190 valence electrons. The van der Waals surface area contributed by atoms with Gasteiger partial charge in [0.2, 0.25) is 0 Å². The number of hydrazone groups is 1. The number of sulfonamides is 1. The molecular formula is C28H29N5O3S. The van der Waals surface area contributed by atoms with Crippen LogP contribution in [0.15, 0.2) is 89.1 Å². The number of hydrogen-bond donors (Lipinski definition) is 1. The van der Waals surface area contributed by atoms with Crippen molar-refractivity contribution in [2.24, 2.45) is 5.10 Å². The first-order valence-corrected chi connectivity index (χ1v) is 13.2. The highest BCUT2D eigenvalue weighted by Crippen LogP contribution is 2.24. The monoisotopic (exact) mass is 515 g/mol. The van der Waals surface area contributed by atoms with Crippen LogP contribution in [0.5, 0.6) is 0 Å². The number of carbonyl (C=O) groups is 1. The lowest BCUT2D eigenvalue weighted by Gasteiger charge is -2.23. The van der Waals surface area contributed by atoms with Crippen molar-refractivity contribution in [1.82, 2.24) is 15.0 Å². The number of anilines is 1. The molecule has 0 saturated carbocycles. The van der Waals surface area contributed by atoms with Gasteiger partial charge in [0.05, 0.1) is 23.0 Å². The molecule has 0 aliphatic heterocycles. The van der Waals surface area contributed by atoms with Crippen LogP contribution in [0.1, 0.15) is 28.1 Å². The first kappa shape index (κ1) is 25.8. The molecule has 1 N–H and O–H groups in total. The molecule has 0 fully saturated rings. The number of aryl methyl sites for hydroxylation is 3. The van der Waals surface area contributed by atoms with Gasteiger partial charge in [-0.1, -0.05) is 35.9 Å². The van der Waals surface area contributed by atoms with Crippen LogP contribution in [0, 0.1) is 27.7 Å². The predicted molar refractivity (Wildman–Crippen MR) is 146 cm³/mol. The third-order valence-corrected chi connectivity index (χ3v) is 7.80. The Morgan fingerprint density at radius 3 is 2.46 bits per heavy atom. The van der Waals surface area contributed by atoms with Gasteiger partial charge in [0.25, 0.3) is 15.9 Å². The second-order valence-corrected chi connectivity index (χ2v) is 10.6. The van der Waals surface area contributed by atoms with Crippen LogP contribution in [0.3, 0.4) is 0 Å². The number of rotatable bonds is 8. The van der Waals surface area contributed by atoms with Crippen LogP contribution in [-0.4, -0.2) is 36.6 Å². The Morgan fingerprint density at radius 2 is 1.78 bits per heavy atom.